The highest BCUT2D eigenvalue weighted by atomic mass is 19.4. The number of carbonyl (C=O) groups is 5. The topological polar surface area (TPSA) is 176 Å². The summed E-state index contributed by atoms with van der Waals surface area (Å²) in [6.45, 7) is 7.32. The quantitative estimate of drug-likeness (QED) is 0.0455. The van der Waals surface area contributed by atoms with Crippen LogP contribution >= 0.6 is 0 Å². The zero-order chi connectivity index (χ0) is 46.2. The Morgan fingerprint density at radius 2 is 1.63 bits per heavy atom. The number of aliphatic hydroxyl groups is 1. The minimum atomic E-state index is -4.70. The summed E-state index contributed by atoms with van der Waals surface area (Å²) < 4.78 is 66.8. The normalized spacial score (nSPS) is 18.8. The predicted octanol–water partition coefficient (Wildman–Crippen LogP) is 7.83. The Labute approximate surface area is 367 Å². The number of benzene rings is 2. The molecule has 346 valence electrons. The van der Waals surface area contributed by atoms with Crippen LogP contribution in [-0.2, 0) is 44.6 Å². The van der Waals surface area contributed by atoms with Crippen molar-refractivity contribution < 1.29 is 65.9 Å². The van der Waals surface area contributed by atoms with E-state index in [1.165, 1.54) is 12.1 Å². The molecule has 4 atom stereocenters. The van der Waals surface area contributed by atoms with E-state index in [0.29, 0.717) is 18.4 Å². The van der Waals surface area contributed by atoms with Crippen molar-refractivity contribution in [2.75, 3.05) is 13.2 Å². The van der Waals surface area contributed by atoms with Gasteiger partial charge in [-0.25, -0.2) is 9.59 Å². The van der Waals surface area contributed by atoms with Crippen LogP contribution in [0.15, 0.2) is 66.3 Å². The monoisotopic (exact) mass is 886 g/mol. The van der Waals surface area contributed by atoms with Crippen LogP contribution in [0, 0.1) is 0 Å². The molecule has 1 aliphatic heterocycles. The van der Waals surface area contributed by atoms with Crippen LogP contribution in [0.4, 0.5) is 13.2 Å². The summed E-state index contributed by atoms with van der Waals surface area (Å²) >= 11 is 0. The number of nitrogens with one attached hydrogen (secondary N) is 2. The summed E-state index contributed by atoms with van der Waals surface area (Å²) in [7, 11) is 0. The largest absolute Gasteiger partial charge is 0.460 e. The van der Waals surface area contributed by atoms with E-state index >= 15 is 0 Å². The van der Waals surface area contributed by atoms with Crippen LogP contribution in [-0.4, -0.2) is 90.0 Å². The van der Waals surface area contributed by atoms with Gasteiger partial charge in [0.1, 0.15) is 23.9 Å². The molecular formula is C47H61F3N2O11. The second-order valence-electron chi connectivity index (χ2n) is 16.8. The number of amides is 2. The van der Waals surface area contributed by atoms with E-state index in [-0.39, 0.29) is 54.7 Å². The van der Waals surface area contributed by atoms with Crippen molar-refractivity contribution in [2.45, 2.75) is 154 Å². The molecule has 63 heavy (non-hydrogen) atoms. The molecule has 13 nitrogen and oxygen atoms in total. The molecule has 4 rings (SSSR count). The van der Waals surface area contributed by atoms with Crippen molar-refractivity contribution in [3.05, 3.63) is 88.5 Å². The van der Waals surface area contributed by atoms with Crippen LogP contribution in [0.1, 0.15) is 137 Å². The smallest absolute Gasteiger partial charge is 0.422 e. The molecule has 2 aromatic rings. The van der Waals surface area contributed by atoms with Crippen LogP contribution in [0.25, 0.3) is 6.08 Å². The molecule has 2 aliphatic rings. The zero-order valence-corrected chi connectivity index (χ0v) is 36.7. The molecule has 0 radical (unpaired) electrons. The summed E-state index contributed by atoms with van der Waals surface area (Å²) in [5, 5.41) is 15.5. The number of alkyl halides is 3. The van der Waals surface area contributed by atoms with E-state index in [9.17, 15) is 42.3 Å². The number of hydrogen-bond acceptors (Lipinski definition) is 11. The molecule has 16 heteroatoms. The van der Waals surface area contributed by atoms with Gasteiger partial charge in [-0.3, -0.25) is 14.4 Å². The average Bonchev–Trinajstić information content (AvgIpc) is 3.60. The lowest BCUT2D eigenvalue weighted by molar-refractivity contribution is -0.190. The molecule has 1 heterocycles. The van der Waals surface area contributed by atoms with E-state index in [4.69, 9.17) is 18.9 Å². The lowest BCUT2D eigenvalue weighted by Gasteiger charge is -2.31. The van der Waals surface area contributed by atoms with Gasteiger partial charge < -0.3 is 39.4 Å². The van der Waals surface area contributed by atoms with Gasteiger partial charge in [-0.05, 0) is 81.5 Å². The van der Waals surface area contributed by atoms with Gasteiger partial charge in [-0.2, -0.15) is 13.2 Å². The first-order chi connectivity index (χ1) is 29.8. The standard InChI is InChI=1S/C47H61F3N2O11/c1-6-8-12-23-46(24-13-9-7-2)61-38-27-34(26-37(41(38)63-46)60-44(58)36-18-11-10-16-32(36)19-21-39(54)59-30-47(48,49)50)42(56)51-28-31-15-14-17-33(25-31)43(57)52-35(29-53)20-22-40(55)62-45(3,4)5/h10-11,14-19,21,25,27,35,37-38,41,53H,6-9,12-13,20,22-24,26,28-30H2,1-5H3,(H,51,56)(H,52,57). The van der Waals surface area contributed by atoms with E-state index in [2.05, 4.69) is 29.2 Å². The third kappa shape index (κ3) is 16.5. The second-order valence-corrected chi connectivity index (χ2v) is 16.8. The van der Waals surface area contributed by atoms with E-state index in [1.807, 2.05) is 0 Å². The fourth-order valence-electron chi connectivity index (χ4n) is 7.27. The molecule has 2 amide bonds. The van der Waals surface area contributed by atoms with Crippen LogP contribution < -0.4 is 10.6 Å². The van der Waals surface area contributed by atoms with E-state index < -0.39 is 78.2 Å². The third-order valence-corrected chi connectivity index (χ3v) is 10.3. The summed E-state index contributed by atoms with van der Waals surface area (Å²) in [5.41, 5.74) is 0.693. The van der Waals surface area contributed by atoms with Gasteiger partial charge in [0.05, 0.1) is 18.2 Å². The van der Waals surface area contributed by atoms with Crippen LogP contribution in [0.3, 0.4) is 0 Å². The third-order valence-electron chi connectivity index (χ3n) is 10.3. The molecule has 2 aromatic carbocycles. The molecule has 3 N–H and O–H groups in total. The highest BCUT2D eigenvalue weighted by Crippen LogP contribution is 2.43. The molecule has 0 spiro atoms. The molecule has 0 bridgehead atoms. The molecule has 1 aliphatic carbocycles. The Bertz CT molecular complexity index is 1930. The van der Waals surface area contributed by atoms with Crippen molar-refractivity contribution >= 4 is 35.8 Å². The lowest BCUT2D eigenvalue weighted by atomic mass is 9.91. The SMILES string of the molecule is CCCCCC1(CCCCC)OC2C=C(C(=O)NCc3cccc(C(=O)NC(CO)CCC(=O)OC(C)(C)C)c3)CC(OC(=O)c3ccccc3C=CC(=O)OCC(F)(F)F)C2O1. The van der Waals surface area contributed by atoms with Crippen molar-refractivity contribution in [3.63, 3.8) is 0 Å². The molecule has 4 unspecified atom stereocenters. The van der Waals surface area contributed by atoms with Crippen molar-refractivity contribution in [2.24, 2.45) is 0 Å². The minimum absolute atomic E-state index is 0.00183. The van der Waals surface area contributed by atoms with Gasteiger partial charge in [0.2, 0.25) is 5.91 Å². The summed E-state index contributed by atoms with van der Waals surface area (Å²) in [4.78, 5) is 65.1. The number of fused-ring (bicyclic) bond motifs is 1. The first kappa shape index (κ1) is 50.6. The van der Waals surface area contributed by atoms with Crippen LogP contribution in [0.2, 0.25) is 0 Å². The Balaban J connectivity index is 1.51. The van der Waals surface area contributed by atoms with E-state index in [1.54, 1.807) is 63.2 Å². The Morgan fingerprint density at radius 3 is 2.29 bits per heavy atom. The predicted molar refractivity (Wildman–Crippen MR) is 227 cm³/mol. The number of aliphatic hydroxyl groups excluding tert-OH is 1. The lowest BCUT2D eigenvalue weighted by Crippen LogP contribution is -2.43. The number of rotatable bonds is 22. The first-order valence-electron chi connectivity index (χ1n) is 21.6. The van der Waals surface area contributed by atoms with Gasteiger partial charge in [0, 0.05) is 49.4 Å². The second kappa shape index (κ2) is 23.6. The Hall–Kier alpha value is -5.06. The molecule has 0 aromatic heterocycles. The summed E-state index contributed by atoms with van der Waals surface area (Å²) in [5.74, 6) is -4.43. The van der Waals surface area contributed by atoms with Crippen molar-refractivity contribution in [3.8, 4) is 0 Å². The highest BCUT2D eigenvalue weighted by Gasteiger charge is 2.52. The van der Waals surface area contributed by atoms with E-state index in [0.717, 1.165) is 50.7 Å². The number of esters is 3. The van der Waals surface area contributed by atoms with Gasteiger partial charge in [-0.1, -0.05) is 69.9 Å². The molecule has 1 saturated heterocycles. The fourth-order valence-corrected chi connectivity index (χ4v) is 7.27. The maximum atomic E-state index is 13.9. The number of hydrogen-bond donors (Lipinski definition) is 3. The Kier molecular flexibility index (Phi) is 18.9. The van der Waals surface area contributed by atoms with Gasteiger partial charge in [0.25, 0.3) is 5.91 Å². The van der Waals surface area contributed by atoms with Crippen molar-refractivity contribution in [1.82, 2.24) is 10.6 Å². The number of halogens is 3. The Morgan fingerprint density at radius 1 is 0.937 bits per heavy atom. The maximum absolute atomic E-state index is 13.9. The van der Waals surface area contributed by atoms with Gasteiger partial charge >= 0.3 is 24.1 Å². The molecule has 0 saturated carbocycles. The number of ether oxygens (including phenoxy) is 5. The highest BCUT2D eigenvalue weighted by molar-refractivity contribution is 5.97. The molecular weight excluding hydrogens is 826 g/mol. The molecule has 1 fully saturated rings. The first-order valence-corrected chi connectivity index (χ1v) is 21.6. The minimum Gasteiger partial charge on any atom is -0.460 e. The maximum Gasteiger partial charge on any atom is 0.422 e. The fraction of sp³-hybridized carbons (Fsp3) is 0.553. The summed E-state index contributed by atoms with van der Waals surface area (Å²) in [6.07, 6.45) is 3.27. The van der Waals surface area contributed by atoms with Crippen LogP contribution in [0.5, 0.6) is 0 Å². The number of unbranched alkanes of at least 4 members (excludes halogenated alkanes) is 4. The average molecular weight is 887 g/mol. The van der Waals surface area contributed by atoms with Crippen molar-refractivity contribution in [1.29, 1.82) is 0 Å². The van der Waals surface area contributed by atoms with Gasteiger partial charge in [0.15, 0.2) is 12.4 Å². The van der Waals surface area contributed by atoms with Gasteiger partial charge in [-0.15, -0.1) is 0 Å². The zero-order valence-electron chi connectivity index (χ0n) is 36.7. The number of carbonyl (C=O) groups excluding carboxylic acids is 5. The summed E-state index contributed by atoms with van der Waals surface area (Å²) in [6, 6.07) is 12.0.